The molecule has 1 saturated carbocycles. The van der Waals surface area contributed by atoms with Crippen molar-refractivity contribution in [3.05, 3.63) is 33.1 Å². The quantitative estimate of drug-likeness (QED) is 0.735. The zero-order valence-corrected chi connectivity index (χ0v) is 9.68. The van der Waals surface area contributed by atoms with Gasteiger partial charge in [0.15, 0.2) is 0 Å². The first kappa shape index (κ1) is 11.6. The average Bonchev–Trinajstić information content (AvgIpc) is 3.11. The van der Waals surface area contributed by atoms with Gasteiger partial charge in [0, 0.05) is 25.9 Å². The van der Waals surface area contributed by atoms with Crippen molar-refractivity contribution >= 4 is 5.91 Å². The molecule has 92 valence electrons. The van der Waals surface area contributed by atoms with Crippen molar-refractivity contribution in [3.8, 4) is 0 Å². The summed E-state index contributed by atoms with van der Waals surface area (Å²) in [5, 5.41) is 2.77. The van der Waals surface area contributed by atoms with Crippen LogP contribution in [-0.2, 0) is 18.4 Å². The first-order valence-electron chi connectivity index (χ1n) is 5.61. The Morgan fingerprint density at radius 3 is 2.82 bits per heavy atom. The van der Waals surface area contributed by atoms with Crippen LogP contribution in [0, 0.1) is 5.92 Å². The molecule has 0 aromatic carbocycles. The molecule has 0 spiro atoms. The van der Waals surface area contributed by atoms with E-state index in [0.717, 1.165) is 4.57 Å². The Balaban J connectivity index is 2.02. The molecule has 1 amide bonds. The summed E-state index contributed by atoms with van der Waals surface area (Å²) in [4.78, 5) is 34.3. The molecule has 0 unspecified atom stereocenters. The molecule has 0 radical (unpaired) electrons. The number of amides is 1. The third kappa shape index (κ3) is 2.83. The molecule has 2 rings (SSSR count). The highest BCUT2D eigenvalue weighted by Crippen LogP contribution is 2.27. The van der Waals surface area contributed by atoms with E-state index in [2.05, 4.69) is 5.32 Å². The summed E-state index contributed by atoms with van der Waals surface area (Å²) in [6.07, 6.45) is 3.68. The minimum Gasteiger partial charge on any atom is -0.354 e. The van der Waals surface area contributed by atoms with Crippen LogP contribution in [0.15, 0.2) is 21.9 Å². The van der Waals surface area contributed by atoms with Crippen molar-refractivity contribution < 1.29 is 4.79 Å². The van der Waals surface area contributed by atoms with Crippen LogP contribution < -0.4 is 16.6 Å². The summed E-state index contributed by atoms with van der Waals surface area (Å²) in [5.74, 6) is 0.411. The Bertz CT molecular complexity index is 540. The molecule has 1 aliphatic carbocycles. The Morgan fingerprint density at radius 1 is 1.47 bits per heavy atom. The van der Waals surface area contributed by atoms with Crippen LogP contribution in [0.4, 0.5) is 0 Å². The van der Waals surface area contributed by atoms with Gasteiger partial charge >= 0.3 is 5.69 Å². The van der Waals surface area contributed by atoms with Crippen LogP contribution in [-0.4, -0.2) is 21.6 Å². The fraction of sp³-hybridized carbons (Fsp3) is 0.545. The highest BCUT2D eigenvalue weighted by Gasteiger charge is 2.21. The van der Waals surface area contributed by atoms with Crippen molar-refractivity contribution in [2.24, 2.45) is 13.0 Å². The van der Waals surface area contributed by atoms with Gasteiger partial charge in [-0.2, -0.15) is 0 Å². The van der Waals surface area contributed by atoms with Crippen molar-refractivity contribution in [2.45, 2.75) is 19.4 Å². The van der Waals surface area contributed by atoms with Crippen molar-refractivity contribution in [2.75, 3.05) is 6.54 Å². The second-order valence-corrected chi connectivity index (χ2v) is 4.37. The van der Waals surface area contributed by atoms with Crippen LogP contribution in [0.5, 0.6) is 0 Å². The van der Waals surface area contributed by atoms with Crippen LogP contribution in [0.25, 0.3) is 0 Å². The summed E-state index contributed by atoms with van der Waals surface area (Å²) in [5.41, 5.74) is -0.844. The molecule has 1 aromatic heterocycles. The Hall–Kier alpha value is -1.85. The lowest BCUT2D eigenvalue weighted by Gasteiger charge is -2.07. The maximum atomic E-state index is 11.6. The van der Waals surface area contributed by atoms with E-state index >= 15 is 0 Å². The first-order chi connectivity index (χ1) is 8.08. The Labute approximate surface area is 97.9 Å². The number of hydrogen-bond donors (Lipinski definition) is 1. The number of carbonyl (C=O) groups is 1. The van der Waals surface area contributed by atoms with Gasteiger partial charge in [-0.05, 0) is 18.8 Å². The van der Waals surface area contributed by atoms with Gasteiger partial charge in [0.05, 0.1) is 0 Å². The summed E-state index contributed by atoms with van der Waals surface area (Å²) >= 11 is 0. The third-order valence-electron chi connectivity index (χ3n) is 2.86. The van der Waals surface area contributed by atoms with Crippen LogP contribution in [0.3, 0.4) is 0 Å². The normalized spacial score (nSPS) is 14.6. The molecule has 0 bridgehead atoms. The van der Waals surface area contributed by atoms with Gasteiger partial charge in [-0.25, -0.2) is 4.79 Å². The summed E-state index contributed by atoms with van der Waals surface area (Å²) < 4.78 is 2.21. The fourth-order valence-corrected chi connectivity index (χ4v) is 1.53. The minimum absolute atomic E-state index is 0.0420. The van der Waals surface area contributed by atoms with E-state index in [4.69, 9.17) is 0 Å². The maximum absolute atomic E-state index is 11.6. The lowest BCUT2D eigenvalue weighted by atomic mass is 10.4. The largest absolute Gasteiger partial charge is 0.354 e. The fourth-order valence-electron chi connectivity index (χ4n) is 1.53. The molecular weight excluding hydrogens is 222 g/mol. The van der Waals surface area contributed by atoms with Gasteiger partial charge in [0.1, 0.15) is 6.54 Å². The second kappa shape index (κ2) is 4.57. The monoisotopic (exact) mass is 237 g/mol. The lowest BCUT2D eigenvalue weighted by Crippen LogP contribution is -2.40. The predicted molar refractivity (Wildman–Crippen MR) is 61.7 cm³/mol. The van der Waals surface area contributed by atoms with E-state index < -0.39 is 5.69 Å². The topological polar surface area (TPSA) is 73.1 Å². The Kier molecular flexibility index (Phi) is 3.12. The van der Waals surface area contributed by atoms with Crippen molar-refractivity contribution in [1.82, 2.24) is 14.5 Å². The van der Waals surface area contributed by atoms with Crippen LogP contribution in [0.2, 0.25) is 0 Å². The number of nitrogens with one attached hydrogen (secondary N) is 1. The van der Waals surface area contributed by atoms with E-state index in [1.165, 1.54) is 36.7 Å². The van der Waals surface area contributed by atoms with E-state index in [9.17, 15) is 14.4 Å². The van der Waals surface area contributed by atoms with Crippen LogP contribution >= 0.6 is 0 Å². The zero-order valence-electron chi connectivity index (χ0n) is 9.68. The average molecular weight is 237 g/mol. The molecule has 0 aliphatic heterocycles. The SMILES string of the molecule is Cn1c(=O)ccn(CC(=O)NCC2CC2)c1=O. The highest BCUT2D eigenvalue weighted by molar-refractivity contribution is 5.75. The molecule has 1 aromatic rings. The summed E-state index contributed by atoms with van der Waals surface area (Å²) in [6, 6.07) is 1.27. The molecule has 6 nitrogen and oxygen atoms in total. The zero-order chi connectivity index (χ0) is 12.4. The maximum Gasteiger partial charge on any atom is 0.331 e. The number of hydrogen-bond acceptors (Lipinski definition) is 3. The standard InChI is InChI=1S/C11H15N3O3/c1-13-10(16)4-5-14(11(13)17)7-9(15)12-6-8-2-3-8/h4-5,8H,2-3,6-7H2,1H3,(H,12,15). The highest BCUT2D eigenvalue weighted by atomic mass is 16.2. The van der Waals surface area contributed by atoms with Crippen molar-refractivity contribution in [3.63, 3.8) is 0 Å². The minimum atomic E-state index is -0.473. The molecule has 1 aliphatic rings. The number of rotatable bonds is 4. The number of nitrogens with zero attached hydrogens (tertiary/aromatic N) is 2. The van der Waals surface area contributed by atoms with Gasteiger partial charge in [0.25, 0.3) is 5.56 Å². The predicted octanol–water partition coefficient (Wildman–Crippen LogP) is -0.927. The lowest BCUT2D eigenvalue weighted by molar-refractivity contribution is -0.121. The summed E-state index contributed by atoms with van der Waals surface area (Å²) in [6.45, 7) is 0.638. The molecule has 17 heavy (non-hydrogen) atoms. The first-order valence-corrected chi connectivity index (χ1v) is 5.61. The van der Waals surface area contributed by atoms with Crippen LogP contribution in [0.1, 0.15) is 12.8 Å². The molecular formula is C11H15N3O3. The molecule has 0 saturated heterocycles. The molecule has 1 fully saturated rings. The van der Waals surface area contributed by atoms with Gasteiger partial charge in [-0.3, -0.25) is 18.7 Å². The third-order valence-corrected chi connectivity index (χ3v) is 2.86. The van der Waals surface area contributed by atoms with Gasteiger partial charge in [-0.1, -0.05) is 0 Å². The molecule has 0 atom stereocenters. The number of carbonyl (C=O) groups excluding carboxylic acids is 1. The summed E-state index contributed by atoms with van der Waals surface area (Å²) in [7, 11) is 1.39. The van der Waals surface area contributed by atoms with Crippen molar-refractivity contribution in [1.29, 1.82) is 0 Å². The van der Waals surface area contributed by atoms with Gasteiger partial charge in [0.2, 0.25) is 5.91 Å². The number of aromatic nitrogens is 2. The molecule has 1 heterocycles. The second-order valence-electron chi connectivity index (χ2n) is 4.37. The van der Waals surface area contributed by atoms with E-state index in [-0.39, 0.29) is 18.0 Å². The van der Waals surface area contributed by atoms with Gasteiger partial charge in [-0.15, -0.1) is 0 Å². The van der Waals surface area contributed by atoms with Gasteiger partial charge < -0.3 is 5.32 Å². The Morgan fingerprint density at radius 2 is 2.18 bits per heavy atom. The molecule has 6 heteroatoms. The van der Waals surface area contributed by atoms with E-state index in [1.807, 2.05) is 0 Å². The molecule has 1 N–H and O–H groups in total. The van der Waals surface area contributed by atoms with E-state index in [1.54, 1.807) is 0 Å². The smallest absolute Gasteiger partial charge is 0.331 e. The van der Waals surface area contributed by atoms with E-state index in [0.29, 0.717) is 12.5 Å².